The first-order valence-corrected chi connectivity index (χ1v) is 7.52. The number of aliphatic hydroxyl groups excluding tert-OH is 1. The van der Waals surface area contributed by atoms with Gasteiger partial charge in [-0.05, 0) is 36.5 Å². The SMILES string of the molecule is CC(C)(CCCO)CNCc1ccn(-c2ccccc2)n1. The number of aliphatic hydroxyl groups is 1. The van der Waals surface area contributed by atoms with Crippen LogP contribution in [0, 0.1) is 5.41 Å². The lowest BCUT2D eigenvalue weighted by molar-refractivity contribution is 0.236. The number of nitrogens with one attached hydrogen (secondary N) is 1. The molecule has 2 N–H and O–H groups in total. The molecule has 0 aliphatic rings. The van der Waals surface area contributed by atoms with Crippen molar-refractivity contribution in [2.45, 2.75) is 33.2 Å². The van der Waals surface area contributed by atoms with Crippen LogP contribution in [0.25, 0.3) is 5.69 Å². The molecule has 0 radical (unpaired) electrons. The Morgan fingerprint density at radius 2 is 1.95 bits per heavy atom. The molecular weight excluding hydrogens is 262 g/mol. The topological polar surface area (TPSA) is 50.1 Å². The molecule has 4 heteroatoms. The van der Waals surface area contributed by atoms with Crippen molar-refractivity contribution in [3.05, 3.63) is 48.3 Å². The number of benzene rings is 1. The monoisotopic (exact) mass is 287 g/mol. The molecule has 1 aromatic heterocycles. The Morgan fingerprint density at radius 3 is 2.67 bits per heavy atom. The lowest BCUT2D eigenvalue weighted by Crippen LogP contribution is -2.29. The van der Waals surface area contributed by atoms with E-state index in [1.807, 2.05) is 47.3 Å². The van der Waals surface area contributed by atoms with Gasteiger partial charge in [-0.25, -0.2) is 4.68 Å². The second-order valence-electron chi connectivity index (χ2n) is 6.18. The van der Waals surface area contributed by atoms with Gasteiger partial charge >= 0.3 is 0 Å². The van der Waals surface area contributed by atoms with E-state index in [0.29, 0.717) is 0 Å². The number of rotatable bonds is 8. The minimum atomic E-state index is 0.199. The minimum absolute atomic E-state index is 0.199. The molecule has 0 saturated heterocycles. The van der Waals surface area contributed by atoms with E-state index >= 15 is 0 Å². The fourth-order valence-corrected chi connectivity index (χ4v) is 2.36. The molecule has 0 spiro atoms. The van der Waals surface area contributed by atoms with Gasteiger partial charge in [-0.3, -0.25) is 0 Å². The summed E-state index contributed by atoms with van der Waals surface area (Å²) in [6.45, 7) is 6.40. The molecule has 0 aliphatic heterocycles. The zero-order valence-electron chi connectivity index (χ0n) is 12.9. The van der Waals surface area contributed by atoms with E-state index < -0.39 is 0 Å². The maximum Gasteiger partial charge on any atom is 0.0766 e. The zero-order chi connectivity index (χ0) is 15.1. The van der Waals surface area contributed by atoms with E-state index in [-0.39, 0.29) is 12.0 Å². The number of hydrogen-bond acceptors (Lipinski definition) is 3. The van der Waals surface area contributed by atoms with Crippen LogP contribution in [0.2, 0.25) is 0 Å². The molecule has 114 valence electrons. The molecule has 0 atom stereocenters. The van der Waals surface area contributed by atoms with Gasteiger partial charge in [0, 0.05) is 25.9 Å². The molecule has 0 amide bonds. The second-order valence-corrected chi connectivity index (χ2v) is 6.18. The summed E-state index contributed by atoms with van der Waals surface area (Å²) in [5.74, 6) is 0. The van der Waals surface area contributed by atoms with Crippen molar-refractivity contribution in [2.75, 3.05) is 13.2 Å². The first kappa shape index (κ1) is 15.7. The number of nitrogens with zero attached hydrogens (tertiary/aromatic N) is 2. The van der Waals surface area contributed by atoms with E-state index in [1.54, 1.807) is 0 Å². The van der Waals surface area contributed by atoms with Crippen molar-refractivity contribution in [1.82, 2.24) is 15.1 Å². The summed E-state index contributed by atoms with van der Waals surface area (Å²) in [5.41, 5.74) is 2.31. The van der Waals surface area contributed by atoms with Crippen LogP contribution >= 0.6 is 0 Å². The lowest BCUT2D eigenvalue weighted by atomic mass is 9.88. The van der Waals surface area contributed by atoms with E-state index in [4.69, 9.17) is 5.11 Å². The summed E-state index contributed by atoms with van der Waals surface area (Å²) in [6.07, 6.45) is 3.87. The van der Waals surface area contributed by atoms with Gasteiger partial charge in [0.25, 0.3) is 0 Å². The van der Waals surface area contributed by atoms with Gasteiger partial charge in [-0.1, -0.05) is 32.0 Å². The Labute approximate surface area is 126 Å². The fourth-order valence-electron chi connectivity index (χ4n) is 2.36. The van der Waals surface area contributed by atoms with Crippen molar-refractivity contribution in [2.24, 2.45) is 5.41 Å². The number of para-hydroxylation sites is 1. The van der Waals surface area contributed by atoms with Crippen LogP contribution < -0.4 is 5.32 Å². The largest absolute Gasteiger partial charge is 0.396 e. The van der Waals surface area contributed by atoms with Crippen molar-refractivity contribution < 1.29 is 5.11 Å². The van der Waals surface area contributed by atoms with Crippen LogP contribution in [-0.4, -0.2) is 28.0 Å². The quantitative estimate of drug-likeness (QED) is 0.785. The highest BCUT2D eigenvalue weighted by molar-refractivity contribution is 5.30. The molecule has 4 nitrogen and oxygen atoms in total. The molecule has 2 aromatic rings. The highest BCUT2D eigenvalue weighted by Crippen LogP contribution is 2.20. The van der Waals surface area contributed by atoms with Gasteiger partial charge in [0.2, 0.25) is 0 Å². The molecule has 21 heavy (non-hydrogen) atoms. The molecule has 0 bridgehead atoms. The van der Waals surface area contributed by atoms with E-state index in [1.165, 1.54) is 0 Å². The molecule has 1 heterocycles. The molecule has 1 aromatic carbocycles. The Kier molecular flexibility index (Phi) is 5.53. The highest BCUT2D eigenvalue weighted by Gasteiger charge is 2.16. The second kappa shape index (κ2) is 7.38. The van der Waals surface area contributed by atoms with Crippen molar-refractivity contribution in [3.8, 4) is 5.69 Å². The third kappa shape index (κ3) is 4.99. The van der Waals surface area contributed by atoms with Crippen LogP contribution in [0.1, 0.15) is 32.4 Å². The fraction of sp³-hybridized carbons (Fsp3) is 0.471. The van der Waals surface area contributed by atoms with Crippen LogP contribution in [0.15, 0.2) is 42.6 Å². The van der Waals surface area contributed by atoms with Gasteiger partial charge in [-0.2, -0.15) is 5.10 Å². The Morgan fingerprint density at radius 1 is 1.19 bits per heavy atom. The Hall–Kier alpha value is -1.65. The number of hydrogen-bond donors (Lipinski definition) is 2. The van der Waals surface area contributed by atoms with Crippen LogP contribution in [0.4, 0.5) is 0 Å². The van der Waals surface area contributed by atoms with Gasteiger partial charge in [0.15, 0.2) is 0 Å². The van der Waals surface area contributed by atoms with E-state index in [2.05, 4.69) is 24.3 Å². The zero-order valence-corrected chi connectivity index (χ0v) is 12.9. The lowest BCUT2D eigenvalue weighted by Gasteiger charge is -2.24. The van der Waals surface area contributed by atoms with Crippen molar-refractivity contribution >= 4 is 0 Å². The predicted octanol–water partition coefficient (Wildman–Crippen LogP) is 2.76. The van der Waals surface area contributed by atoms with Crippen molar-refractivity contribution in [3.63, 3.8) is 0 Å². The van der Waals surface area contributed by atoms with Crippen LogP contribution in [-0.2, 0) is 6.54 Å². The van der Waals surface area contributed by atoms with Crippen LogP contribution in [0.5, 0.6) is 0 Å². The first-order valence-electron chi connectivity index (χ1n) is 7.52. The molecular formula is C17H25N3O. The molecule has 0 saturated carbocycles. The molecule has 0 aliphatic carbocycles. The summed E-state index contributed by atoms with van der Waals surface area (Å²) < 4.78 is 1.90. The first-order chi connectivity index (χ1) is 10.1. The summed E-state index contributed by atoms with van der Waals surface area (Å²) in [4.78, 5) is 0. The summed E-state index contributed by atoms with van der Waals surface area (Å²) in [5, 5.41) is 16.9. The minimum Gasteiger partial charge on any atom is -0.396 e. The Bertz CT molecular complexity index is 534. The summed E-state index contributed by atoms with van der Waals surface area (Å²) in [6, 6.07) is 12.2. The van der Waals surface area contributed by atoms with Gasteiger partial charge in [-0.15, -0.1) is 0 Å². The summed E-state index contributed by atoms with van der Waals surface area (Å²) in [7, 11) is 0. The van der Waals surface area contributed by atoms with Gasteiger partial charge < -0.3 is 10.4 Å². The average molecular weight is 287 g/mol. The van der Waals surface area contributed by atoms with Crippen LogP contribution in [0.3, 0.4) is 0 Å². The molecule has 2 rings (SSSR count). The maximum absolute atomic E-state index is 8.91. The normalized spacial score (nSPS) is 11.8. The molecule has 0 fully saturated rings. The van der Waals surface area contributed by atoms with E-state index in [0.717, 1.165) is 37.3 Å². The third-order valence-electron chi connectivity index (χ3n) is 3.59. The van der Waals surface area contributed by atoms with Gasteiger partial charge in [0.05, 0.1) is 11.4 Å². The number of aromatic nitrogens is 2. The molecule has 0 unspecified atom stereocenters. The van der Waals surface area contributed by atoms with E-state index in [9.17, 15) is 0 Å². The highest BCUT2D eigenvalue weighted by atomic mass is 16.2. The third-order valence-corrected chi connectivity index (χ3v) is 3.59. The standard InChI is InChI=1S/C17H25N3O/c1-17(2,10-6-12-21)14-18-13-15-9-11-20(19-15)16-7-4-3-5-8-16/h3-5,7-9,11,18,21H,6,10,12-14H2,1-2H3. The Balaban J connectivity index is 1.83. The van der Waals surface area contributed by atoms with Crippen molar-refractivity contribution in [1.29, 1.82) is 0 Å². The average Bonchev–Trinajstić information content (AvgIpc) is 2.95. The summed E-state index contributed by atoms with van der Waals surface area (Å²) >= 11 is 0. The predicted molar refractivity (Wildman–Crippen MR) is 85.4 cm³/mol. The smallest absolute Gasteiger partial charge is 0.0766 e. The maximum atomic E-state index is 8.91. The van der Waals surface area contributed by atoms with Gasteiger partial charge in [0.1, 0.15) is 0 Å².